The quantitative estimate of drug-likeness (QED) is 0.485. The Morgan fingerprint density at radius 3 is 2.07 bits per heavy atom. The highest BCUT2D eigenvalue weighted by Crippen LogP contribution is 2.38. The molecule has 2 rings (SSSR count). The van der Waals surface area contributed by atoms with Crippen molar-refractivity contribution in [3.8, 4) is 0 Å². The molecule has 6 heteroatoms. The molecule has 1 aliphatic rings. The maximum Gasteiger partial charge on any atom is 0.296 e. The fourth-order valence-electron chi connectivity index (χ4n) is 3.50. The Bertz CT molecular complexity index is 697. The highest BCUT2D eigenvalue weighted by molar-refractivity contribution is 7.86. The van der Waals surface area contributed by atoms with E-state index in [0.29, 0.717) is 16.9 Å². The van der Waals surface area contributed by atoms with E-state index in [0.717, 1.165) is 31.2 Å². The highest BCUT2D eigenvalue weighted by Gasteiger charge is 2.35. The lowest BCUT2D eigenvalue weighted by atomic mass is 9.75. The Morgan fingerprint density at radius 2 is 1.56 bits per heavy atom. The predicted octanol–water partition coefficient (Wildman–Crippen LogP) is 4.60. The monoisotopic (exact) mass is 412 g/mol. The highest BCUT2D eigenvalue weighted by atomic mass is 32.2. The molecule has 27 heavy (non-hydrogen) atoms. The molecule has 0 bridgehead atoms. The maximum absolute atomic E-state index is 12.4. The first-order chi connectivity index (χ1) is 12.4. The summed E-state index contributed by atoms with van der Waals surface area (Å²) in [6, 6.07) is 6.82. The van der Waals surface area contributed by atoms with E-state index in [1.165, 1.54) is 0 Å². The van der Waals surface area contributed by atoms with Gasteiger partial charge in [-0.25, -0.2) is 0 Å². The van der Waals surface area contributed by atoms with Crippen molar-refractivity contribution in [3.63, 3.8) is 0 Å². The van der Waals surface area contributed by atoms with Gasteiger partial charge in [0.15, 0.2) is 9.76 Å². The summed E-state index contributed by atoms with van der Waals surface area (Å²) in [5.41, 5.74) is 0.950. The van der Waals surface area contributed by atoms with Gasteiger partial charge < -0.3 is 4.43 Å². The summed E-state index contributed by atoms with van der Waals surface area (Å²) < 4.78 is 36.4. The minimum absolute atomic E-state index is 0.0840. The molecule has 0 aromatic heterocycles. The second-order valence-electron chi connectivity index (χ2n) is 9.72. The summed E-state index contributed by atoms with van der Waals surface area (Å²) in [7, 11) is -4.24. The molecule has 0 spiro atoms. The number of hydrogen-bond donors (Lipinski definition) is 0. The van der Waals surface area contributed by atoms with Crippen molar-refractivity contribution in [1.29, 1.82) is 0 Å². The van der Waals surface area contributed by atoms with Crippen LogP contribution in [0.15, 0.2) is 29.2 Å². The number of benzene rings is 1. The van der Waals surface area contributed by atoms with Crippen LogP contribution in [0.1, 0.15) is 65.9 Å². The smallest absolute Gasteiger partial charge is 0.296 e. The van der Waals surface area contributed by atoms with E-state index in [2.05, 4.69) is 34.6 Å². The maximum atomic E-state index is 12.4. The van der Waals surface area contributed by atoms with Crippen LogP contribution in [-0.4, -0.2) is 30.4 Å². The van der Waals surface area contributed by atoms with Crippen molar-refractivity contribution in [2.45, 2.75) is 82.8 Å². The fraction of sp³-hybridized carbons (Fsp3) is 0.714. The average Bonchev–Trinajstić information content (AvgIpc) is 2.59. The molecule has 0 N–H and O–H groups in total. The van der Waals surface area contributed by atoms with Crippen LogP contribution < -0.4 is 0 Å². The molecule has 154 valence electrons. The minimum Gasteiger partial charge on any atom is -0.418 e. The SMILES string of the molecule is Cc1ccc(S(=O)(=O)OCC2CCC(C(C)(C)O[SiH2]C(C)(C)C)CC2)cc1. The van der Waals surface area contributed by atoms with E-state index in [-0.39, 0.29) is 17.1 Å². The second-order valence-corrected chi connectivity index (χ2v) is 14.0. The third kappa shape index (κ3) is 7.00. The van der Waals surface area contributed by atoms with Gasteiger partial charge in [0.05, 0.1) is 17.1 Å². The van der Waals surface area contributed by atoms with Crippen molar-refractivity contribution >= 4 is 19.9 Å². The molecule has 0 heterocycles. The number of hydrogen-bond acceptors (Lipinski definition) is 4. The zero-order valence-electron chi connectivity index (χ0n) is 17.7. The van der Waals surface area contributed by atoms with Crippen LogP contribution in [0, 0.1) is 18.8 Å². The van der Waals surface area contributed by atoms with Crippen LogP contribution in [0.5, 0.6) is 0 Å². The lowest BCUT2D eigenvalue weighted by Gasteiger charge is -2.40. The normalized spacial score (nSPS) is 22.4. The molecule has 1 saturated carbocycles. The molecular formula is C21H36O4SSi. The van der Waals surface area contributed by atoms with Crippen LogP contribution in [0.4, 0.5) is 0 Å². The van der Waals surface area contributed by atoms with Crippen molar-refractivity contribution in [2.75, 3.05) is 6.61 Å². The van der Waals surface area contributed by atoms with E-state index < -0.39 is 19.9 Å². The van der Waals surface area contributed by atoms with Crippen molar-refractivity contribution in [2.24, 2.45) is 11.8 Å². The molecule has 0 unspecified atom stereocenters. The molecule has 0 atom stereocenters. The van der Waals surface area contributed by atoms with Crippen LogP contribution in [0.2, 0.25) is 5.04 Å². The topological polar surface area (TPSA) is 52.6 Å². The lowest BCUT2D eigenvalue weighted by molar-refractivity contribution is 0.0129. The molecule has 0 saturated heterocycles. The van der Waals surface area contributed by atoms with E-state index in [4.69, 9.17) is 8.61 Å². The van der Waals surface area contributed by atoms with Gasteiger partial charge in [-0.05, 0) is 75.5 Å². The van der Waals surface area contributed by atoms with E-state index in [1.807, 2.05) is 6.92 Å². The summed E-state index contributed by atoms with van der Waals surface area (Å²) in [5, 5.41) is 0.298. The minimum atomic E-state index is -3.66. The molecule has 4 nitrogen and oxygen atoms in total. The second kappa shape index (κ2) is 8.76. The zero-order valence-corrected chi connectivity index (χ0v) is 20.0. The van der Waals surface area contributed by atoms with Gasteiger partial charge >= 0.3 is 0 Å². The molecule has 1 aromatic carbocycles. The van der Waals surface area contributed by atoms with Crippen molar-refractivity contribution in [1.82, 2.24) is 0 Å². The first kappa shape index (κ1) is 22.6. The van der Waals surface area contributed by atoms with Crippen LogP contribution >= 0.6 is 0 Å². The van der Waals surface area contributed by atoms with E-state index in [1.54, 1.807) is 24.3 Å². The van der Waals surface area contributed by atoms with Crippen molar-refractivity contribution in [3.05, 3.63) is 29.8 Å². The summed E-state index contributed by atoms with van der Waals surface area (Å²) in [4.78, 5) is 0.239. The van der Waals surface area contributed by atoms with Gasteiger partial charge in [0.2, 0.25) is 0 Å². The number of rotatable bonds is 7. The molecule has 1 aliphatic carbocycles. The summed E-state index contributed by atoms with van der Waals surface area (Å²) in [6.07, 6.45) is 4.14. The van der Waals surface area contributed by atoms with Crippen LogP contribution in [-0.2, 0) is 18.7 Å². The summed E-state index contributed by atoms with van der Waals surface area (Å²) in [5.74, 6) is 0.842. The Balaban J connectivity index is 1.83. The Kier molecular flexibility index (Phi) is 7.33. The summed E-state index contributed by atoms with van der Waals surface area (Å²) in [6.45, 7) is 13.4. The predicted molar refractivity (Wildman–Crippen MR) is 113 cm³/mol. The van der Waals surface area contributed by atoms with Gasteiger partial charge in [-0.2, -0.15) is 8.42 Å². The molecular weight excluding hydrogens is 376 g/mol. The third-order valence-corrected chi connectivity index (χ3v) is 8.53. The lowest BCUT2D eigenvalue weighted by Crippen LogP contribution is -2.40. The van der Waals surface area contributed by atoms with Gasteiger partial charge in [-0.15, -0.1) is 0 Å². The molecule has 1 fully saturated rings. The van der Waals surface area contributed by atoms with Crippen LogP contribution in [0.25, 0.3) is 0 Å². The Morgan fingerprint density at radius 1 is 1.00 bits per heavy atom. The van der Waals surface area contributed by atoms with E-state index >= 15 is 0 Å². The Hall–Kier alpha value is -0.693. The van der Waals surface area contributed by atoms with Gasteiger partial charge in [-0.3, -0.25) is 4.18 Å². The van der Waals surface area contributed by atoms with Crippen molar-refractivity contribution < 1.29 is 17.0 Å². The fourth-order valence-corrected chi connectivity index (χ4v) is 5.52. The molecule has 0 aliphatic heterocycles. The van der Waals surface area contributed by atoms with Gasteiger partial charge in [0.25, 0.3) is 10.1 Å². The van der Waals surface area contributed by atoms with Crippen LogP contribution in [0.3, 0.4) is 0 Å². The van der Waals surface area contributed by atoms with E-state index in [9.17, 15) is 8.42 Å². The molecule has 0 radical (unpaired) electrons. The first-order valence-corrected chi connectivity index (χ1v) is 12.7. The zero-order chi connectivity index (χ0) is 20.3. The van der Waals surface area contributed by atoms with Gasteiger partial charge in [0, 0.05) is 0 Å². The third-order valence-electron chi connectivity index (χ3n) is 5.48. The number of aryl methyl sites for hydroxylation is 1. The first-order valence-electron chi connectivity index (χ1n) is 9.99. The molecule has 0 amide bonds. The standard InChI is InChI=1S/C21H36O4SSi/c1-16-7-13-19(14-8-16)26(22,23)24-15-17-9-11-18(12-10-17)21(5,6)25-27-20(2,3)4/h7-8,13-14,17-18H,9-12,15,27H2,1-6H3. The van der Waals surface area contributed by atoms with Gasteiger partial charge in [-0.1, -0.05) is 38.5 Å². The molecule has 1 aromatic rings. The largest absolute Gasteiger partial charge is 0.418 e. The Labute approximate surface area is 168 Å². The average molecular weight is 413 g/mol. The summed E-state index contributed by atoms with van der Waals surface area (Å²) >= 11 is 0. The van der Waals surface area contributed by atoms with Gasteiger partial charge in [0.1, 0.15) is 0 Å².